The van der Waals surface area contributed by atoms with Crippen LogP contribution in [-0.4, -0.2) is 25.4 Å². The van der Waals surface area contributed by atoms with Gasteiger partial charge in [0.05, 0.1) is 10.6 Å². The van der Waals surface area contributed by atoms with Gasteiger partial charge in [-0.2, -0.15) is 0 Å². The van der Waals surface area contributed by atoms with Crippen LogP contribution in [0.2, 0.25) is 0 Å². The van der Waals surface area contributed by atoms with E-state index < -0.39 is 9.84 Å². The number of ketones is 1. The highest BCUT2D eigenvalue weighted by Crippen LogP contribution is 2.30. The van der Waals surface area contributed by atoms with E-state index in [1.54, 1.807) is 0 Å². The van der Waals surface area contributed by atoms with Crippen LogP contribution in [0.1, 0.15) is 48.1 Å². The summed E-state index contributed by atoms with van der Waals surface area (Å²) in [5.74, 6) is -0.166. The lowest BCUT2D eigenvalue weighted by Gasteiger charge is -2.16. The fourth-order valence-corrected chi connectivity index (χ4v) is 3.75. The molecular weight excluding hydrogens is 258 g/mol. The van der Waals surface area contributed by atoms with Gasteiger partial charge in [-0.25, -0.2) is 13.4 Å². The fourth-order valence-electron chi connectivity index (χ4n) is 1.40. The van der Waals surface area contributed by atoms with E-state index >= 15 is 0 Å². The standard InChI is InChI=1S/C11H17NO3S2/c1-7(13)9-10(11(2,3)4)12-8(16-9)6-17(5,14)15/h6H2,1-5H3. The number of rotatable bonds is 3. The van der Waals surface area contributed by atoms with E-state index in [0.717, 1.165) is 0 Å². The summed E-state index contributed by atoms with van der Waals surface area (Å²) in [6.07, 6.45) is 1.17. The molecule has 17 heavy (non-hydrogen) atoms. The smallest absolute Gasteiger partial charge is 0.171 e. The number of thiazole rings is 1. The largest absolute Gasteiger partial charge is 0.294 e. The van der Waals surface area contributed by atoms with E-state index in [4.69, 9.17) is 0 Å². The van der Waals surface area contributed by atoms with Crippen molar-refractivity contribution in [1.82, 2.24) is 4.98 Å². The van der Waals surface area contributed by atoms with Crippen LogP contribution in [0.15, 0.2) is 0 Å². The number of sulfone groups is 1. The van der Waals surface area contributed by atoms with Crippen molar-refractivity contribution in [2.75, 3.05) is 6.26 Å². The van der Waals surface area contributed by atoms with Crippen molar-refractivity contribution in [2.24, 2.45) is 0 Å². The molecule has 0 amide bonds. The van der Waals surface area contributed by atoms with Crippen LogP contribution in [0, 0.1) is 0 Å². The highest BCUT2D eigenvalue weighted by Gasteiger charge is 2.26. The second-order valence-electron chi connectivity index (χ2n) is 5.16. The Kier molecular flexibility index (Phi) is 3.78. The summed E-state index contributed by atoms with van der Waals surface area (Å²) < 4.78 is 22.4. The zero-order valence-corrected chi connectivity index (χ0v) is 12.3. The number of hydrogen-bond donors (Lipinski definition) is 0. The Morgan fingerprint density at radius 1 is 1.35 bits per heavy atom. The summed E-state index contributed by atoms with van der Waals surface area (Å²) >= 11 is 1.18. The van der Waals surface area contributed by atoms with Gasteiger partial charge in [0.25, 0.3) is 0 Å². The van der Waals surface area contributed by atoms with Gasteiger partial charge in [0.15, 0.2) is 15.6 Å². The maximum absolute atomic E-state index is 11.5. The molecule has 0 saturated heterocycles. The van der Waals surface area contributed by atoms with Crippen molar-refractivity contribution in [3.63, 3.8) is 0 Å². The average molecular weight is 275 g/mol. The molecule has 0 bridgehead atoms. The Bertz CT molecular complexity index is 536. The fraction of sp³-hybridized carbons (Fsp3) is 0.636. The molecule has 0 fully saturated rings. The van der Waals surface area contributed by atoms with Crippen LogP contribution in [-0.2, 0) is 21.0 Å². The van der Waals surface area contributed by atoms with Crippen LogP contribution in [0.4, 0.5) is 0 Å². The van der Waals surface area contributed by atoms with E-state index in [9.17, 15) is 13.2 Å². The predicted octanol–water partition coefficient (Wildman–Crippen LogP) is 2.19. The summed E-state index contributed by atoms with van der Waals surface area (Å²) in [5.41, 5.74) is 0.432. The Hall–Kier alpha value is -0.750. The van der Waals surface area contributed by atoms with Gasteiger partial charge in [0, 0.05) is 18.6 Å². The summed E-state index contributed by atoms with van der Waals surface area (Å²) in [5, 5.41) is 0.489. The van der Waals surface area contributed by atoms with Crippen molar-refractivity contribution in [2.45, 2.75) is 38.9 Å². The van der Waals surface area contributed by atoms with Gasteiger partial charge in [-0.05, 0) is 0 Å². The van der Waals surface area contributed by atoms with E-state index in [2.05, 4.69) is 4.98 Å². The van der Waals surface area contributed by atoms with Gasteiger partial charge < -0.3 is 0 Å². The van der Waals surface area contributed by atoms with Crippen LogP contribution < -0.4 is 0 Å². The number of carbonyl (C=O) groups excluding carboxylic acids is 1. The van der Waals surface area contributed by atoms with Crippen molar-refractivity contribution in [1.29, 1.82) is 0 Å². The molecule has 0 aliphatic rings. The van der Waals surface area contributed by atoms with Crippen LogP contribution in [0.3, 0.4) is 0 Å². The minimum Gasteiger partial charge on any atom is -0.294 e. The third-order valence-corrected chi connectivity index (χ3v) is 4.22. The second-order valence-corrected chi connectivity index (χ2v) is 8.39. The molecule has 0 aliphatic carbocycles. The van der Waals surface area contributed by atoms with Crippen LogP contribution >= 0.6 is 11.3 Å². The molecule has 0 N–H and O–H groups in total. The third-order valence-electron chi connectivity index (χ3n) is 2.09. The quantitative estimate of drug-likeness (QED) is 0.793. The minimum atomic E-state index is -3.12. The molecule has 0 unspecified atom stereocenters. The summed E-state index contributed by atoms with van der Waals surface area (Å²) in [4.78, 5) is 16.4. The maximum atomic E-state index is 11.5. The average Bonchev–Trinajstić information content (AvgIpc) is 2.43. The SMILES string of the molecule is CC(=O)c1sc(CS(C)(=O)=O)nc1C(C)(C)C. The van der Waals surface area contributed by atoms with Gasteiger partial charge in [-0.3, -0.25) is 4.79 Å². The first-order chi connectivity index (χ1) is 7.50. The monoisotopic (exact) mass is 275 g/mol. The minimum absolute atomic E-state index is 0.0628. The highest BCUT2D eigenvalue weighted by molar-refractivity contribution is 7.90. The zero-order chi connectivity index (χ0) is 13.4. The maximum Gasteiger partial charge on any atom is 0.171 e. The van der Waals surface area contributed by atoms with Crippen molar-refractivity contribution < 1.29 is 13.2 Å². The molecule has 6 heteroatoms. The first-order valence-corrected chi connectivity index (χ1v) is 8.07. The van der Waals surface area contributed by atoms with Crippen molar-refractivity contribution in [3.8, 4) is 0 Å². The molecule has 0 spiro atoms. The Morgan fingerprint density at radius 3 is 2.18 bits per heavy atom. The molecule has 0 aliphatic heterocycles. The van der Waals surface area contributed by atoms with Gasteiger partial charge in [0.1, 0.15) is 10.8 Å². The summed E-state index contributed by atoms with van der Waals surface area (Å²) in [7, 11) is -3.12. The molecular formula is C11H17NO3S2. The number of nitrogens with zero attached hydrogens (tertiary/aromatic N) is 1. The number of hydrogen-bond acceptors (Lipinski definition) is 5. The molecule has 1 rings (SSSR count). The predicted molar refractivity (Wildman–Crippen MR) is 69.4 cm³/mol. The molecule has 1 heterocycles. The molecule has 1 aromatic rings. The van der Waals surface area contributed by atoms with E-state index in [0.29, 0.717) is 15.6 Å². The number of Topliss-reactive ketones (excluding diaryl/α,β-unsaturated/α-hetero) is 1. The summed E-state index contributed by atoms with van der Waals surface area (Å²) in [6, 6.07) is 0. The molecule has 4 nitrogen and oxygen atoms in total. The highest BCUT2D eigenvalue weighted by atomic mass is 32.2. The molecule has 1 aromatic heterocycles. The lowest BCUT2D eigenvalue weighted by atomic mass is 9.91. The molecule has 0 saturated carbocycles. The van der Waals surface area contributed by atoms with Gasteiger partial charge in [-0.15, -0.1) is 11.3 Å². The van der Waals surface area contributed by atoms with E-state index in [1.807, 2.05) is 20.8 Å². The lowest BCUT2D eigenvalue weighted by Crippen LogP contribution is -2.15. The Morgan fingerprint density at radius 2 is 1.88 bits per heavy atom. The Labute approximate surface area is 106 Å². The van der Waals surface area contributed by atoms with Gasteiger partial charge in [-0.1, -0.05) is 20.8 Å². The zero-order valence-electron chi connectivity index (χ0n) is 10.7. The lowest BCUT2D eigenvalue weighted by molar-refractivity contribution is 0.101. The molecule has 0 radical (unpaired) electrons. The van der Waals surface area contributed by atoms with Gasteiger partial charge in [0.2, 0.25) is 0 Å². The third kappa shape index (κ3) is 3.89. The molecule has 0 atom stereocenters. The van der Waals surface area contributed by atoms with Crippen molar-refractivity contribution >= 4 is 27.0 Å². The summed E-state index contributed by atoms with van der Waals surface area (Å²) in [6.45, 7) is 7.35. The van der Waals surface area contributed by atoms with E-state index in [-0.39, 0.29) is 17.0 Å². The number of carbonyl (C=O) groups is 1. The molecule has 0 aromatic carbocycles. The van der Waals surface area contributed by atoms with Crippen molar-refractivity contribution in [3.05, 3.63) is 15.6 Å². The normalized spacial score (nSPS) is 12.8. The topological polar surface area (TPSA) is 64.1 Å². The van der Waals surface area contributed by atoms with E-state index in [1.165, 1.54) is 24.5 Å². The molecule has 96 valence electrons. The van der Waals surface area contributed by atoms with Crippen LogP contribution in [0.5, 0.6) is 0 Å². The second kappa shape index (κ2) is 4.49. The first kappa shape index (κ1) is 14.3. The van der Waals surface area contributed by atoms with Crippen LogP contribution in [0.25, 0.3) is 0 Å². The first-order valence-electron chi connectivity index (χ1n) is 5.19. The number of aromatic nitrogens is 1. The Balaban J connectivity index is 3.27. The van der Waals surface area contributed by atoms with Gasteiger partial charge >= 0.3 is 0 Å².